The van der Waals surface area contributed by atoms with E-state index in [-0.39, 0.29) is 18.0 Å². The van der Waals surface area contributed by atoms with Crippen LogP contribution < -0.4 is 5.32 Å². The highest BCUT2D eigenvalue weighted by Crippen LogP contribution is 2.36. The number of hydrogen-bond donors (Lipinski definition) is 1. The van der Waals surface area contributed by atoms with Crippen LogP contribution in [-0.2, 0) is 22.6 Å². The first-order valence-corrected chi connectivity index (χ1v) is 12.9. The van der Waals surface area contributed by atoms with Crippen LogP contribution >= 0.6 is 0 Å². The number of hydrogen-bond acceptors (Lipinski definition) is 4. The molecule has 0 aromatic heterocycles. The molecule has 1 N–H and O–H groups in total. The van der Waals surface area contributed by atoms with Crippen molar-refractivity contribution < 1.29 is 23.5 Å². The molecule has 8 heteroatoms. The molecular weight excluding hydrogens is 509 g/mol. The predicted octanol–water partition coefficient (Wildman–Crippen LogP) is 5.80. The maximum Gasteiger partial charge on any atom is 0.411 e. The Morgan fingerprint density at radius 3 is 2.23 bits per heavy atom. The Bertz CT molecular complexity index is 1510. The summed E-state index contributed by atoms with van der Waals surface area (Å²) in [6.07, 6.45) is -1.53. The van der Waals surface area contributed by atoms with E-state index in [0.717, 1.165) is 11.1 Å². The van der Waals surface area contributed by atoms with Gasteiger partial charge in [0.1, 0.15) is 5.82 Å². The molecule has 0 radical (unpaired) electrons. The first-order valence-electron chi connectivity index (χ1n) is 12.9. The molecule has 5 rings (SSSR count). The largest absolute Gasteiger partial charge is 0.438 e. The fourth-order valence-corrected chi connectivity index (χ4v) is 4.77. The third-order valence-electron chi connectivity index (χ3n) is 6.76. The van der Waals surface area contributed by atoms with Gasteiger partial charge in [0.05, 0.1) is 12.1 Å². The molecule has 4 aromatic rings. The van der Waals surface area contributed by atoms with Crippen molar-refractivity contribution in [1.82, 2.24) is 9.80 Å². The Morgan fingerprint density at radius 1 is 0.875 bits per heavy atom. The minimum Gasteiger partial charge on any atom is -0.438 e. The van der Waals surface area contributed by atoms with Gasteiger partial charge in [0.2, 0.25) is 5.91 Å². The van der Waals surface area contributed by atoms with Crippen LogP contribution in [0.3, 0.4) is 0 Å². The van der Waals surface area contributed by atoms with E-state index in [9.17, 15) is 18.8 Å². The number of likely N-dealkylation sites (N-methyl/N-ethyl adjacent to an activating group) is 1. The first kappa shape index (κ1) is 26.6. The molecule has 202 valence electrons. The number of anilines is 1. The van der Waals surface area contributed by atoms with E-state index in [4.69, 9.17) is 4.74 Å². The van der Waals surface area contributed by atoms with Crippen molar-refractivity contribution in [3.63, 3.8) is 0 Å². The van der Waals surface area contributed by atoms with E-state index in [1.54, 1.807) is 42.3 Å². The summed E-state index contributed by atoms with van der Waals surface area (Å²) < 4.78 is 19.9. The molecule has 2 atom stereocenters. The summed E-state index contributed by atoms with van der Waals surface area (Å²) in [5.74, 6) is -1.53. The smallest absolute Gasteiger partial charge is 0.411 e. The number of carbonyl (C=O) groups is 3. The van der Waals surface area contributed by atoms with Gasteiger partial charge in [-0.15, -0.1) is 0 Å². The average molecular weight is 538 g/mol. The summed E-state index contributed by atoms with van der Waals surface area (Å²) in [6, 6.07) is 30.4. The maximum atomic E-state index is 14.1. The molecule has 3 amide bonds. The fraction of sp³-hybridized carbons (Fsp3) is 0.156. The second-order valence-corrected chi connectivity index (χ2v) is 9.60. The molecule has 1 saturated heterocycles. The van der Waals surface area contributed by atoms with Crippen LogP contribution in [0.1, 0.15) is 33.2 Å². The van der Waals surface area contributed by atoms with Gasteiger partial charge in [0.15, 0.2) is 12.1 Å². The van der Waals surface area contributed by atoms with Crippen LogP contribution in [0.4, 0.5) is 14.9 Å². The van der Waals surface area contributed by atoms with E-state index in [0.29, 0.717) is 17.8 Å². The second kappa shape index (κ2) is 11.8. The summed E-state index contributed by atoms with van der Waals surface area (Å²) in [5.41, 5.74) is 2.63. The molecule has 1 fully saturated rings. The first-order chi connectivity index (χ1) is 19.4. The standard InChI is InChI=1S/C32H28FN3O4/c1-35(20-22-11-4-2-5-12-22)31(38)28-29(40-32(39)36(28)21-23-13-6-3-7-14-23)24-15-10-16-25(19-24)34-30(37)26-17-8-9-18-27(26)33/h2-19,28-29H,20-21H2,1H3,(H,34,37)/t28-,29-/m0/s1. The minimum atomic E-state index is -0.945. The topological polar surface area (TPSA) is 79.0 Å². The van der Waals surface area contributed by atoms with Gasteiger partial charge in [-0.25, -0.2) is 9.18 Å². The number of cyclic esters (lactones) is 1. The summed E-state index contributed by atoms with van der Waals surface area (Å²) in [5, 5.41) is 2.70. The predicted molar refractivity (Wildman–Crippen MR) is 149 cm³/mol. The number of amides is 3. The Labute approximate surface area is 231 Å². The second-order valence-electron chi connectivity index (χ2n) is 9.60. The average Bonchev–Trinajstić information content (AvgIpc) is 3.29. The molecule has 1 heterocycles. The molecule has 4 aromatic carbocycles. The zero-order valence-electron chi connectivity index (χ0n) is 21.9. The molecule has 1 aliphatic rings. The number of benzene rings is 4. The number of rotatable bonds is 8. The Kier molecular flexibility index (Phi) is 7.87. The van der Waals surface area contributed by atoms with Gasteiger partial charge in [0, 0.05) is 19.3 Å². The Balaban J connectivity index is 1.44. The monoisotopic (exact) mass is 537 g/mol. The zero-order valence-corrected chi connectivity index (χ0v) is 21.9. The highest BCUT2D eigenvalue weighted by molar-refractivity contribution is 6.04. The van der Waals surface area contributed by atoms with Crippen molar-refractivity contribution in [2.24, 2.45) is 0 Å². The van der Waals surface area contributed by atoms with Crippen LogP contribution in [-0.4, -0.2) is 40.8 Å². The lowest BCUT2D eigenvalue weighted by molar-refractivity contribution is -0.136. The summed E-state index contributed by atoms with van der Waals surface area (Å²) in [4.78, 5) is 42.8. The molecule has 7 nitrogen and oxygen atoms in total. The highest BCUT2D eigenvalue weighted by Gasteiger charge is 2.48. The van der Waals surface area contributed by atoms with E-state index in [2.05, 4.69) is 5.32 Å². The molecule has 1 aliphatic heterocycles. The van der Waals surface area contributed by atoms with Gasteiger partial charge >= 0.3 is 6.09 Å². The number of nitrogens with one attached hydrogen (secondary N) is 1. The van der Waals surface area contributed by atoms with Crippen LogP contribution in [0, 0.1) is 5.82 Å². The van der Waals surface area contributed by atoms with E-state index in [1.165, 1.54) is 23.1 Å². The Morgan fingerprint density at radius 2 is 1.52 bits per heavy atom. The highest BCUT2D eigenvalue weighted by atomic mass is 19.1. The van der Waals surface area contributed by atoms with Gasteiger partial charge in [0.25, 0.3) is 5.91 Å². The van der Waals surface area contributed by atoms with Gasteiger partial charge in [-0.3, -0.25) is 14.5 Å². The van der Waals surface area contributed by atoms with Crippen molar-refractivity contribution in [3.05, 3.63) is 137 Å². The minimum absolute atomic E-state index is 0.0928. The lowest BCUT2D eigenvalue weighted by Crippen LogP contribution is -2.46. The van der Waals surface area contributed by atoms with Crippen LogP contribution in [0.25, 0.3) is 0 Å². The molecule has 40 heavy (non-hydrogen) atoms. The van der Waals surface area contributed by atoms with E-state index < -0.39 is 30.0 Å². The third-order valence-corrected chi connectivity index (χ3v) is 6.76. The summed E-state index contributed by atoms with van der Waals surface area (Å²) in [7, 11) is 1.70. The van der Waals surface area contributed by atoms with Gasteiger partial charge in [-0.2, -0.15) is 0 Å². The van der Waals surface area contributed by atoms with Crippen molar-refractivity contribution >= 4 is 23.6 Å². The maximum absolute atomic E-state index is 14.1. The molecule has 0 spiro atoms. The lowest BCUT2D eigenvalue weighted by atomic mass is 9.99. The van der Waals surface area contributed by atoms with Crippen molar-refractivity contribution in [2.45, 2.75) is 25.2 Å². The van der Waals surface area contributed by atoms with Crippen LogP contribution in [0.15, 0.2) is 109 Å². The van der Waals surface area contributed by atoms with E-state index in [1.807, 2.05) is 60.7 Å². The van der Waals surface area contributed by atoms with Gasteiger partial charge < -0.3 is 15.0 Å². The SMILES string of the molecule is CN(Cc1ccccc1)C(=O)[C@@H]1[C@H](c2cccc(NC(=O)c3ccccc3F)c2)OC(=O)N1Cc1ccccc1. The quantitative estimate of drug-likeness (QED) is 0.308. The molecule has 0 saturated carbocycles. The third kappa shape index (κ3) is 5.86. The van der Waals surface area contributed by atoms with Crippen LogP contribution in [0.5, 0.6) is 0 Å². The fourth-order valence-electron chi connectivity index (χ4n) is 4.77. The van der Waals surface area contributed by atoms with Gasteiger partial charge in [-0.05, 0) is 41.0 Å². The normalized spacial score (nSPS) is 16.4. The van der Waals surface area contributed by atoms with Crippen molar-refractivity contribution in [3.8, 4) is 0 Å². The van der Waals surface area contributed by atoms with Crippen molar-refractivity contribution in [1.29, 1.82) is 0 Å². The van der Waals surface area contributed by atoms with Crippen LogP contribution in [0.2, 0.25) is 0 Å². The zero-order chi connectivity index (χ0) is 28.1. The molecule has 0 unspecified atom stereocenters. The van der Waals surface area contributed by atoms with Crippen molar-refractivity contribution in [2.75, 3.05) is 12.4 Å². The number of halogens is 1. The number of ether oxygens (including phenoxy) is 1. The number of nitrogens with zero attached hydrogens (tertiary/aromatic N) is 2. The summed E-state index contributed by atoms with van der Waals surface area (Å²) >= 11 is 0. The Hall–Kier alpha value is -4.98. The summed E-state index contributed by atoms with van der Waals surface area (Å²) in [6.45, 7) is 0.546. The molecule has 0 bridgehead atoms. The molecule has 0 aliphatic carbocycles. The number of carbonyl (C=O) groups excluding carboxylic acids is 3. The molecular formula is C32H28FN3O4. The lowest BCUT2D eigenvalue weighted by Gasteiger charge is -2.28. The van der Waals surface area contributed by atoms with Gasteiger partial charge in [-0.1, -0.05) is 84.9 Å². The van der Waals surface area contributed by atoms with E-state index >= 15 is 0 Å².